The molecule has 0 fully saturated rings. The van der Waals surface area contributed by atoms with Gasteiger partial charge in [0.2, 0.25) is 0 Å². The van der Waals surface area contributed by atoms with E-state index in [0.29, 0.717) is 0 Å². The molecular formula is C13H14Br4O2. The van der Waals surface area contributed by atoms with Crippen molar-refractivity contribution in [2.24, 2.45) is 5.92 Å². The van der Waals surface area contributed by atoms with Crippen molar-refractivity contribution in [3.8, 4) is 0 Å². The summed E-state index contributed by atoms with van der Waals surface area (Å²) in [6.07, 6.45) is 1.49. The number of carbonyl (C=O) groups excluding carboxylic acids is 1. The first-order valence-corrected chi connectivity index (χ1v) is 8.77. The maximum absolute atomic E-state index is 11.9. The number of carbonyl (C=O) groups is 1. The highest BCUT2D eigenvalue weighted by molar-refractivity contribution is 9.17. The SMILES string of the molecule is CC(C)=CC(=O)OC1(C)C(Br)=C(Br)C(Br)=C(Br)C1C. The summed E-state index contributed by atoms with van der Waals surface area (Å²) in [6.45, 7) is 7.62. The summed E-state index contributed by atoms with van der Waals surface area (Å²) >= 11 is 14.1. The minimum absolute atomic E-state index is 0.00735. The molecule has 6 heteroatoms. The highest BCUT2D eigenvalue weighted by Crippen LogP contribution is 2.51. The van der Waals surface area contributed by atoms with Crippen molar-refractivity contribution in [3.05, 3.63) is 29.6 Å². The minimum Gasteiger partial charge on any atom is -0.450 e. The van der Waals surface area contributed by atoms with Gasteiger partial charge in [0.25, 0.3) is 0 Å². The van der Waals surface area contributed by atoms with Crippen LogP contribution < -0.4 is 0 Å². The molecule has 0 heterocycles. The van der Waals surface area contributed by atoms with Crippen LogP contribution in [-0.2, 0) is 9.53 Å². The molecule has 0 aromatic rings. The van der Waals surface area contributed by atoms with Crippen molar-refractivity contribution in [2.45, 2.75) is 33.3 Å². The molecule has 0 saturated heterocycles. The van der Waals surface area contributed by atoms with Gasteiger partial charge >= 0.3 is 5.97 Å². The normalized spacial score (nSPS) is 27.5. The quantitative estimate of drug-likeness (QED) is 0.334. The molecule has 2 nitrogen and oxygen atoms in total. The van der Waals surface area contributed by atoms with E-state index in [1.54, 1.807) is 0 Å². The fraction of sp³-hybridized carbons (Fsp3) is 0.462. The molecule has 0 amide bonds. The van der Waals surface area contributed by atoms with Crippen molar-refractivity contribution in [1.29, 1.82) is 0 Å². The topological polar surface area (TPSA) is 26.3 Å². The monoisotopic (exact) mass is 518 g/mol. The molecule has 19 heavy (non-hydrogen) atoms. The third-order valence-electron chi connectivity index (χ3n) is 2.96. The van der Waals surface area contributed by atoms with Crippen molar-refractivity contribution in [1.82, 2.24) is 0 Å². The summed E-state index contributed by atoms with van der Waals surface area (Å²) in [5.74, 6) is -0.350. The standard InChI is InChI=1S/C13H14Br4O2/c1-6(2)5-8(18)19-13(4)7(3)9(14)10(15)11(16)12(13)17/h5,7H,1-4H3. The molecule has 0 aromatic heterocycles. The van der Waals surface area contributed by atoms with Crippen LogP contribution in [0.4, 0.5) is 0 Å². The Kier molecular flexibility index (Phi) is 6.12. The first-order chi connectivity index (χ1) is 8.61. The van der Waals surface area contributed by atoms with Crippen LogP contribution in [0.3, 0.4) is 0 Å². The Bertz CT molecular complexity index is 501. The van der Waals surface area contributed by atoms with Crippen LogP contribution in [0.2, 0.25) is 0 Å². The number of hydrogen-bond donors (Lipinski definition) is 0. The fourth-order valence-electron chi connectivity index (χ4n) is 1.65. The van der Waals surface area contributed by atoms with Crippen LogP contribution in [0.15, 0.2) is 29.6 Å². The van der Waals surface area contributed by atoms with E-state index in [4.69, 9.17) is 4.74 Å². The largest absolute Gasteiger partial charge is 0.450 e. The molecule has 106 valence electrons. The van der Waals surface area contributed by atoms with Gasteiger partial charge in [0.15, 0.2) is 0 Å². The van der Waals surface area contributed by atoms with Gasteiger partial charge in [-0.2, -0.15) is 0 Å². The second kappa shape index (κ2) is 6.58. The van der Waals surface area contributed by atoms with Gasteiger partial charge in [-0.3, -0.25) is 0 Å². The Balaban J connectivity index is 3.19. The van der Waals surface area contributed by atoms with Gasteiger partial charge in [-0.05, 0) is 68.6 Å². The van der Waals surface area contributed by atoms with Gasteiger partial charge in [-0.15, -0.1) is 0 Å². The summed E-state index contributed by atoms with van der Waals surface area (Å²) in [5, 5.41) is 0. The predicted molar refractivity (Wildman–Crippen MR) is 92.9 cm³/mol. The number of allylic oxidation sites excluding steroid dienone is 3. The van der Waals surface area contributed by atoms with Crippen LogP contribution >= 0.6 is 63.7 Å². The van der Waals surface area contributed by atoms with Gasteiger partial charge in [0, 0.05) is 25.4 Å². The van der Waals surface area contributed by atoms with Gasteiger partial charge in [0.05, 0.1) is 4.48 Å². The van der Waals surface area contributed by atoms with Crippen molar-refractivity contribution < 1.29 is 9.53 Å². The molecule has 0 aliphatic heterocycles. The number of ether oxygens (including phenoxy) is 1. The van der Waals surface area contributed by atoms with E-state index in [1.807, 2.05) is 27.7 Å². The Morgan fingerprint density at radius 2 is 1.74 bits per heavy atom. The average Bonchev–Trinajstić information content (AvgIpc) is 2.31. The van der Waals surface area contributed by atoms with Crippen LogP contribution in [0.1, 0.15) is 27.7 Å². The molecule has 0 aromatic carbocycles. The summed E-state index contributed by atoms with van der Waals surface area (Å²) in [4.78, 5) is 11.9. The molecule has 1 aliphatic carbocycles. The Morgan fingerprint density at radius 3 is 2.21 bits per heavy atom. The van der Waals surface area contributed by atoms with Crippen molar-refractivity contribution in [2.75, 3.05) is 0 Å². The number of rotatable bonds is 2. The smallest absolute Gasteiger partial charge is 0.331 e. The summed E-state index contributed by atoms with van der Waals surface area (Å²) < 4.78 is 9.18. The molecule has 1 rings (SSSR count). The average molecular weight is 522 g/mol. The lowest BCUT2D eigenvalue weighted by Crippen LogP contribution is -2.41. The van der Waals surface area contributed by atoms with Crippen LogP contribution in [0.5, 0.6) is 0 Å². The first kappa shape index (κ1) is 17.7. The summed E-state index contributed by atoms with van der Waals surface area (Å²) in [7, 11) is 0. The minimum atomic E-state index is -0.752. The van der Waals surface area contributed by atoms with Gasteiger partial charge in [0.1, 0.15) is 5.60 Å². The van der Waals surface area contributed by atoms with Crippen LogP contribution in [0, 0.1) is 5.92 Å². The molecule has 0 radical (unpaired) electrons. The third-order valence-corrected chi connectivity index (χ3v) is 8.44. The summed E-state index contributed by atoms with van der Waals surface area (Å²) in [5.41, 5.74) is 0.157. The lowest BCUT2D eigenvalue weighted by atomic mass is 9.86. The molecule has 1 aliphatic rings. The van der Waals surface area contributed by atoms with E-state index < -0.39 is 5.60 Å². The molecule has 0 saturated carbocycles. The number of hydrogen-bond acceptors (Lipinski definition) is 2. The Hall–Kier alpha value is 0.610. The fourth-order valence-corrected chi connectivity index (χ4v) is 4.59. The van der Waals surface area contributed by atoms with E-state index in [1.165, 1.54) is 6.08 Å². The van der Waals surface area contributed by atoms with Gasteiger partial charge in [-0.1, -0.05) is 28.4 Å². The van der Waals surface area contributed by atoms with Crippen molar-refractivity contribution in [3.63, 3.8) is 0 Å². The van der Waals surface area contributed by atoms with Crippen LogP contribution in [0.25, 0.3) is 0 Å². The van der Waals surface area contributed by atoms with Crippen LogP contribution in [-0.4, -0.2) is 11.6 Å². The van der Waals surface area contributed by atoms with Gasteiger partial charge < -0.3 is 4.74 Å². The van der Waals surface area contributed by atoms with E-state index in [-0.39, 0.29) is 11.9 Å². The second-order valence-electron chi connectivity index (χ2n) is 4.76. The van der Waals surface area contributed by atoms with E-state index >= 15 is 0 Å². The van der Waals surface area contributed by atoms with E-state index in [2.05, 4.69) is 63.7 Å². The second-order valence-corrected chi connectivity index (χ2v) is 7.99. The van der Waals surface area contributed by atoms with E-state index in [9.17, 15) is 4.79 Å². The zero-order chi connectivity index (χ0) is 15.0. The molecule has 0 spiro atoms. The molecule has 0 N–H and O–H groups in total. The highest BCUT2D eigenvalue weighted by Gasteiger charge is 2.44. The van der Waals surface area contributed by atoms with E-state index in [0.717, 1.165) is 23.5 Å². The zero-order valence-electron chi connectivity index (χ0n) is 11.0. The number of halogens is 4. The first-order valence-electron chi connectivity index (χ1n) is 5.60. The maximum atomic E-state index is 11.9. The lowest BCUT2D eigenvalue weighted by Gasteiger charge is -2.39. The highest BCUT2D eigenvalue weighted by atomic mass is 79.9. The molecular weight excluding hydrogens is 508 g/mol. The molecule has 2 atom stereocenters. The summed E-state index contributed by atoms with van der Waals surface area (Å²) in [6, 6.07) is 0. The zero-order valence-corrected chi connectivity index (χ0v) is 17.3. The van der Waals surface area contributed by atoms with Crippen molar-refractivity contribution >= 4 is 69.7 Å². The molecule has 2 unspecified atom stereocenters. The Morgan fingerprint density at radius 1 is 1.21 bits per heavy atom. The lowest BCUT2D eigenvalue weighted by molar-refractivity contribution is -0.150. The predicted octanol–water partition coefficient (Wildman–Crippen LogP) is 5.91. The third kappa shape index (κ3) is 3.63. The Labute approximate surface area is 147 Å². The number of esters is 1. The maximum Gasteiger partial charge on any atom is 0.331 e. The van der Waals surface area contributed by atoms with Gasteiger partial charge in [-0.25, -0.2) is 4.79 Å². The molecule has 0 bridgehead atoms.